The Labute approximate surface area is 213 Å². The molecule has 5 aromatic rings. The second-order valence-corrected chi connectivity index (χ2v) is 9.47. The molecule has 35 heavy (non-hydrogen) atoms. The molecule has 2 heterocycles. The van der Waals surface area contributed by atoms with E-state index < -0.39 is 4.92 Å². The number of hydrogen-bond acceptors (Lipinski definition) is 7. The van der Waals surface area contributed by atoms with Gasteiger partial charge in [-0.3, -0.25) is 10.1 Å². The number of nitro groups is 1. The van der Waals surface area contributed by atoms with Crippen LogP contribution in [0, 0.1) is 10.1 Å². The molecule has 2 aromatic heterocycles. The molecule has 9 nitrogen and oxygen atoms in total. The number of hydrogen-bond donors (Lipinski definition) is 0. The fourth-order valence-corrected chi connectivity index (χ4v) is 4.76. The normalized spacial score (nSPS) is 11.0. The van der Waals surface area contributed by atoms with Crippen molar-refractivity contribution in [2.24, 2.45) is 0 Å². The summed E-state index contributed by atoms with van der Waals surface area (Å²) >= 11 is 5.13. The van der Waals surface area contributed by atoms with Crippen LogP contribution < -0.4 is 0 Å². The van der Waals surface area contributed by atoms with E-state index in [9.17, 15) is 10.1 Å². The summed E-state index contributed by atoms with van der Waals surface area (Å²) in [7, 11) is 0. The minimum absolute atomic E-state index is 0.0430. The van der Waals surface area contributed by atoms with Crippen molar-refractivity contribution in [2.75, 3.05) is 0 Å². The van der Waals surface area contributed by atoms with Crippen LogP contribution >= 0.6 is 27.7 Å². The summed E-state index contributed by atoms with van der Waals surface area (Å²) in [5.41, 5.74) is 3.78. The molecule has 3 aromatic carbocycles. The quantitative estimate of drug-likeness (QED) is 0.143. The summed E-state index contributed by atoms with van der Waals surface area (Å²) < 4.78 is 2.87. The van der Waals surface area contributed by atoms with E-state index in [0.29, 0.717) is 12.4 Å². The third kappa shape index (κ3) is 5.31. The van der Waals surface area contributed by atoms with Gasteiger partial charge < -0.3 is 0 Å². The first kappa shape index (κ1) is 22.9. The molecule has 0 aliphatic rings. The Balaban J connectivity index is 1.44. The summed E-state index contributed by atoms with van der Waals surface area (Å²) in [5, 5.41) is 29.4. The third-order valence-corrected chi connectivity index (χ3v) is 6.85. The fourth-order valence-electron chi connectivity index (χ4n) is 3.43. The third-order valence-electron chi connectivity index (χ3n) is 5.18. The van der Waals surface area contributed by atoms with E-state index in [2.05, 4.69) is 48.6 Å². The average molecular weight is 548 g/mol. The van der Waals surface area contributed by atoms with Crippen molar-refractivity contribution in [1.82, 2.24) is 30.0 Å². The van der Waals surface area contributed by atoms with Crippen LogP contribution in [-0.2, 0) is 12.3 Å². The number of rotatable bonds is 8. The number of nitro benzene ring substituents is 1. The first-order valence-electron chi connectivity index (χ1n) is 10.6. The molecule has 11 heteroatoms. The predicted octanol–water partition coefficient (Wildman–Crippen LogP) is 5.54. The molecular formula is C24H18BrN7O2S. The second-order valence-electron chi connectivity index (χ2n) is 7.59. The van der Waals surface area contributed by atoms with Gasteiger partial charge >= 0.3 is 0 Å². The van der Waals surface area contributed by atoms with Gasteiger partial charge in [0.05, 0.1) is 28.9 Å². The molecule has 0 aliphatic carbocycles. The Morgan fingerprint density at radius 1 is 0.943 bits per heavy atom. The molecule has 0 fully saturated rings. The van der Waals surface area contributed by atoms with Gasteiger partial charge in [-0.25, -0.2) is 4.68 Å². The fraction of sp³-hybridized carbons (Fsp3) is 0.0833. The first-order chi connectivity index (χ1) is 17.1. The summed E-state index contributed by atoms with van der Waals surface area (Å²) in [6.07, 6.45) is 1.75. The number of benzene rings is 3. The summed E-state index contributed by atoms with van der Waals surface area (Å²) in [6, 6.07) is 24.5. The maximum Gasteiger partial charge on any atom is 0.269 e. The smallest absolute Gasteiger partial charge is 0.258 e. The van der Waals surface area contributed by atoms with Crippen molar-refractivity contribution in [3.05, 3.63) is 111 Å². The number of non-ortho nitro benzene ring substituents is 1. The Kier molecular flexibility index (Phi) is 6.68. The topological polar surface area (TPSA) is 105 Å². The highest BCUT2D eigenvalue weighted by Crippen LogP contribution is 2.33. The minimum atomic E-state index is -0.423. The zero-order valence-corrected chi connectivity index (χ0v) is 20.6. The maximum atomic E-state index is 10.9. The Morgan fingerprint density at radius 2 is 1.69 bits per heavy atom. The van der Waals surface area contributed by atoms with Gasteiger partial charge in [-0.15, -0.1) is 22.0 Å². The van der Waals surface area contributed by atoms with Crippen LogP contribution in [0.3, 0.4) is 0 Å². The van der Waals surface area contributed by atoms with E-state index in [-0.39, 0.29) is 5.69 Å². The molecule has 0 spiro atoms. The zero-order chi connectivity index (χ0) is 24.2. The number of nitrogens with zero attached hydrogens (tertiary/aromatic N) is 7. The lowest BCUT2D eigenvalue weighted by Gasteiger charge is -2.09. The molecule has 174 valence electrons. The number of aromatic nitrogens is 6. The monoisotopic (exact) mass is 547 g/mol. The lowest BCUT2D eigenvalue weighted by molar-refractivity contribution is -0.384. The highest BCUT2D eigenvalue weighted by atomic mass is 79.9. The molecule has 0 atom stereocenters. The van der Waals surface area contributed by atoms with Gasteiger partial charge in [-0.05, 0) is 40.6 Å². The SMILES string of the molecule is O=[N+]([O-])c1ccc(Cn2nnc(-c3cnn(-c4ccc(Br)cc4)c3SCc3ccccc3)n2)cc1. The molecule has 0 aliphatic heterocycles. The highest BCUT2D eigenvalue weighted by Gasteiger charge is 2.19. The van der Waals surface area contributed by atoms with Crippen LogP contribution in [0.2, 0.25) is 0 Å². The molecule has 0 amide bonds. The van der Waals surface area contributed by atoms with Gasteiger partial charge in [0.2, 0.25) is 5.82 Å². The molecule has 0 radical (unpaired) electrons. The standard InChI is InChI=1S/C24H18BrN7O2S/c25-19-8-12-20(13-9-19)31-24(35-16-18-4-2-1-3-5-18)22(14-26-31)23-27-29-30(28-23)15-17-6-10-21(11-7-17)32(33)34/h1-14H,15-16H2. The van der Waals surface area contributed by atoms with E-state index in [1.54, 1.807) is 30.1 Å². The van der Waals surface area contributed by atoms with Gasteiger partial charge in [0.1, 0.15) is 5.03 Å². The number of tetrazole rings is 1. The van der Waals surface area contributed by atoms with E-state index in [0.717, 1.165) is 32.1 Å². The van der Waals surface area contributed by atoms with Gasteiger partial charge in [-0.1, -0.05) is 58.4 Å². The van der Waals surface area contributed by atoms with E-state index >= 15 is 0 Å². The zero-order valence-electron chi connectivity index (χ0n) is 18.2. The average Bonchev–Trinajstić information content (AvgIpc) is 3.51. The summed E-state index contributed by atoms with van der Waals surface area (Å²) in [5.74, 6) is 1.22. The summed E-state index contributed by atoms with van der Waals surface area (Å²) in [6.45, 7) is 0.346. The molecule has 0 saturated carbocycles. The van der Waals surface area contributed by atoms with Gasteiger partial charge in [0, 0.05) is 22.4 Å². The molecule has 0 N–H and O–H groups in total. The lowest BCUT2D eigenvalue weighted by atomic mass is 10.2. The van der Waals surface area contributed by atoms with Crippen molar-refractivity contribution in [2.45, 2.75) is 17.3 Å². The van der Waals surface area contributed by atoms with Gasteiger partial charge in [0.25, 0.3) is 5.69 Å². The maximum absolute atomic E-state index is 10.9. The van der Waals surface area contributed by atoms with Crippen molar-refractivity contribution < 1.29 is 4.92 Å². The summed E-state index contributed by atoms with van der Waals surface area (Å²) in [4.78, 5) is 11.9. The van der Waals surface area contributed by atoms with Crippen LogP contribution in [0.1, 0.15) is 11.1 Å². The van der Waals surface area contributed by atoms with Crippen molar-refractivity contribution in [1.29, 1.82) is 0 Å². The largest absolute Gasteiger partial charge is 0.269 e. The van der Waals surface area contributed by atoms with Gasteiger partial charge in [0.15, 0.2) is 0 Å². The lowest BCUT2D eigenvalue weighted by Crippen LogP contribution is -2.04. The van der Waals surface area contributed by atoms with E-state index in [4.69, 9.17) is 0 Å². The van der Waals surface area contributed by atoms with Crippen LogP contribution in [0.4, 0.5) is 5.69 Å². The van der Waals surface area contributed by atoms with Crippen molar-refractivity contribution in [3.63, 3.8) is 0 Å². The van der Waals surface area contributed by atoms with Crippen LogP contribution in [0.15, 0.2) is 94.6 Å². The van der Waals surface area contributed by atoms with Crippen molar-refractivity contribution in [3.8, 4) is 17.1 Å². The highest BCUT2D eigenvalue weighted by molar-refractivity contribution is 9.10. The van der Waals surface area contributed by atoms with Gasteiger partial charge in [-0.2, -0.15) is 9.90 Å². The Morgan fingerprint density at radius 3 is 2.40 bits per heavy atom. The minimum Gasteiger partial charge on any atom is -0.258 e. The number of thioether (sulfide) groups is 1. The predicted molar refractivity (Wildman–Crippen MR) is 136 cm³/mol. The molecular weight excluding hydrogens is 530 g/mol. The van der Waals surface area contributed by atoms with E-state index in [1.807, 2.05) is 47.1 Å². The Bertz CT molecular complexity index is 1450. The van der Waals surface area contributed by atoms with Crippen molar-refractivity contribution >= 4 is 33.4 Å². The Hall–Kier alpha value is -3.83. The molecule has 0 bridgehead atoms. The van der Waals surface area contributed by atoms with Crippen LogP contribution in [0.5, 0.6) is 0 Å². The van der Waals surface area contributed by atoms with Crippen LogP contribution in [0.25, 0.3) is 17.1 Å². The molecule has 0 saturated heterocycles. The second kappa shape index (κ2) is 10.2. The molecule has 5 rings (SSSR count). The van der Waals surface area contributed by atoms with E-state index in [1.165, 1.54) is 22.5 Å². The first-order valence-corrected chi connectivity index (χ1v) is 12.4. The van der Waals surface area contributed by atoms with Crippen LogP contribution in [-0.4, -0.2) is 34.9 Å². The number of halogens is 1. The molecule has 0 unspecified atom stereocenters.